The van der Waals surface area contributed by atoms with E-state index in [1.165, 1.54) is 4.90 Å². The normalized spacial score (nSPS) is 14.0. The number of carbonyl (C=O) groups is 2. The molecular formula is C16H22N2O3. The van der Waals surface area contributed by atoms with Crippen LogP contribution in [0.15, 0.2) is 30.3 Å². The zero-order chi connectivity index (χ0) is 15.4. The molecule has 1 fully saturated rings. The SMILES string of the molecule is CC(C)N(CC1CC1)C(=O)N(CC(=O)O)c1ccccc1. The van der Waals surface area contributed by atoms with E-state index in [-0.39, 0.29) is 18.6 Å². The molecule has 0 atom stereocenters. The Bertz CT molecular complexity index is 498. The number of hydrogen-bond acceptors (Lipinski definition) is 2. The summed E-state index contributed by atoms with van der Waals surface area (Å²) in [5.74, 6) is -0.443. The van der Waals surface area contributed by atoms with Gasteiger partial charge in [0.05, 0.1) is 0 Å². The number of nitrogens with zero attached hydrogens (tertiary/aromatic N) is 2. The summed E-state index contributed by atoms with van der Waals surface area (Å²) in [4.78, 5) is 27.0. The molecule has 21 heavy (non-hydrogen) atoms. The highest BCUT2D eigenvalue weighted by Gasteiger charge is 2.31. The van der Waals surface area contributed by atoms with Crippen molar-refractivity contribution in [3.05, 3.63) is 30.3 Å². The molecule has 1 saturated carbocycles. The third-order valence-corrected chi connectivity index (χ3v) is 3.61. The van der Waals surface area contributed by atoms with Gasteiger partial charge in [-0.2, -0.15) is 0 Å². The standard InChI is InChI=1S/C16H22N2O3/c1-12(2)17(10-13-8-9-13)16(21)18(11-15(19)20)14-6-4-3-5-7-14/h3-7,12-13H,8-11H2,1-2H3,(H,19,20). The van der Waals surface area contributed by atoms with Gasteiger partial charge in [0, 0.05) is 18.3 Å². The lowest BCUT2D eigenvalue weighted by molar-refractivity contribution is -0.135. The number of rotatable bonds is 6. The van der Waals surface area contributed by atoms with Crippen LogP contribution in [0.5, 0.6) is 0 Å². The Morgan fingerprint density at radius 1 is 1.24 bits per heavy atom. The van der Waals surface area contributed by atoms with E-state index in [1.807, 2.05) is 19.9 Å². The second kappa shape index (κ2) is 6.61. The van der Waals surface area contributed by atoms with Gasteiger partial charge in [-0.25, -0.2) is 4.79 Å². The first-order valence-electron chi connectivity index (χ1n) is 7.34. The average Bonchev–Trinajstić information content (AvgIpc) is 3.26. The Kier molecular flexibility index (Phi) is 4.83. The molecule has 0 radical (unpaired) electrons. The Balaban J connectivity index is 2.21. The van der Waals surface area contributed by atoms with Crippen LogP contribution in [0.25, 0.3) is 0 Å². The minimum absolute atomic E-state index is 0.0538. The van der Waals surface area contributed by atoms with E-state index in [4.69, 9.17) is 5.11 Å². The van der Waals surface area contributed by atoms with Gasteiger partial charge < -0.3 is 10.0 Å². The predicted octanol–water partition coefficient (Wildman–Crippen LogP) is 2.82. The summed E-state index contributed by atoms with van der Waals surface area (Å²) in [6.07, 6.45) is 2.31. The van der Waals surface area contributed by atoms with Crippen molar-refractivity contribution in [1.82, 2.24) is 4.90 Å². The highest BCUT2D eigenvalue weighted by atomic mass is 16.4. The third kappa shape index (κ3) is 4.21. The van der Waals surface area contributed by atoms with Crippen molar-refractivity contribution in [2.75, 3.05) is 18.0 Å². The van der Waals surface area contributed by atoms with E-state index in [0.29, 0.717) is 18.2 Å². The number of anilines is 1. The highest BCUT2D eigenvalue weighted by Crippen LogP contribution is 2.31. The monoisotopic (exact) mass is 290 g/mol. The van der Waals surface area contributed by atoms with Crippen LogP contribution in [0.2, 0.25) is 0 Å². The minimum atomic E-state index is -1.01. The van der Waals surface area contributed by atoms with Crippen LogP contribution in [0.1, 0.15) is 26.7 Å². The first kappa shape index (κ1) is 15.4. The van der Waals surface area contributed by atoms with Crippen molar-refractivity contribution in [2.45, 2.75) is 32.7 Å². The van der Waals surface area contributed by atoms with Gasteiger partial charge in [0.2, 0.25) is 0 Å². The number of carbonyl (C=O) groups excluding carboxylic acids is 1. The molecule has 0 aromatic heterocycles. The number of carboxylic acids is 1. The molecule has 0 saturated heterocycles. The summed E-state index contributed by atoms with van der Waals surface area (Å²) < 4.78 is 0. The number of amides is 2. The van der Waals surface area contributed by atoms with E-state index < -0.39 is 5.97 Å². The Morgan fingerprint density at radius 3 is 2.33 bits per heavy atom. The van der Waals surface area contributed by atoms with E-state index >= 15 is 0 Å². The fourth-order valence-electron chi connectivity index (χ4n) is 2.26. The van der Waals surface area contributed by atoms with Gasteiger partial charge in [-0.1, -0.05) is 18.2 Å². The Hall–Kier alpha value is -2.04. The molecule has 0 bridgehead atoms. The molecule has 2 rings (SSSR count). The van der Waals surface area contributed by atoms with Gasteiger partial charge in [0.15, 0.2) is 0 Å². The first-order chi connectivity index (χ1) is 9.99. The van der Waals surface area contributed by atoms with Gasteiger partial charge in [-0.05, 0) is 44.7 Å². The summed E-state index contributed by atoms with van der Waals surface area (Å²) in [7, 11) is 0. The van der Waals surface area contributed by atoms with E-state index in [1.54, 1.807) is 29.2 Å². The van der Waals surface area contributed by atoms with Gasteiger partial charge in [-0.3, -0.25) is 9.69 Å². The summed E-state index contributed by atoms with van der Waals surface area (Å²) in [6.45, 7) is 4.31. The molecule has 0 aliphatic heterocycles. The van der Waals surface area contributed by atoms with E-state index in [9.17, 15) is 9.59 Å². The predicted molar refractivity (Wildman–Crippen MR) is 81.4 cm³/mol. The van der Waals surface area contributed by atoms with Gasteiger partial charge in [0.1, 0.15) is 6.54 Å². The maximum absolute atomic E-state index is 12.8. The van der Waals surface area contributed by atoms with Crippen molar-refractivity contribution in [3.63, 3.8) is 0 Å². The lowest BCUT2D eigenvalue weighted by Gasteiger charge is -2.32. The van der Waals surface area contributed by atoms with Gasteiger partial charge in [0.25, 0.3) is 0 Å². The number of para-hydroxylation sites is 1. The summed E-state index contributed by atoms with van der Waals surface area (Å²) in [5, 5.41) is 9.10. The number of urea groups is 1. The van der Waals surface area contributed by atoms with E-state index in [0.717, 1.165) is 12.8 Å². The van der Waals surface area contributed by atoms with Crippen LogP contribution in [0, 0.1) is 5.92 Å². The molecule has 5 heteroatoms. The molecule has 1 N–H and O–H groups in total. The maximum Gasteiger partial charge on any atom is 0.325 e. The molecule has 114 valence electrons. The molecule has 1 aliphatic rings. The first-order valence-corrected chi connectivity index (χ1v) is 7.34. The summed E-state index contributed by atoms with van der Waals surface area (Å²) in [6, 6.07) is 8.80. The van der Waals surface area contributed by atoms with Crippen LogP contribution in [0.3, 0.4) is 0 Å². The minimum Gasteiger partial charge on any atom is -0.480 e. The van der Waals surface area contributed by atoms with Gasteiger partial charge >= 0.3 is 12.0 Å². The number of aliphatic carboxylic acids is 1. The van der Waals surface area contributed by atoms with Crippen LogP contribution in [0.4, 0.5) is 10.5 Å². The van der Waals surface area contributed by atoms with Gasteiger partial charge in [-0.15, -0.1) is 0 Å². The number of hydrogen-bond donors (Lipinski definition) is 1. The molecular weight excluding hydrogens is 268 g/mol. The average molecular weight is 290 g/mol. The van der Waals surface area contributed by atoms with Crippen LogP contribution < -0.4 is 4.90 Å². The van der Waals surface area contributed by atoms with Crippen LogP contribution >= 0.6 is 0 Å². The second-order valence-electron chi connectivity index (χ2n) is 5.79. The van der Waals surface area contributed by atoms with Crippen molar-refractivity contribution >= 4 is 17.7 Å². The smallest absolute Gasteiger partial charge is 0.325 e. The van der Waals surface area contributed by atoms with Crippen molar-refractivity contribution in [3.8, 4) is 0 Å². The zero-order valence-electron chi connectivity index (χ0n) is 12.5. The summed E-state index contributed by atoms with van der Waals surface area (Å²) in [5.41, 5.74) is 0.617. The van der Waals surface area contributed by atoms with Crippen LogP contribution in [-0.2, 0) is 4.79 Å². The van der Waals surface area contributed by atoms with E-state index in [2.05, 4.69) is 0 Å². The lowest BCUT2D eigenvalue weighted by Crippen LogP contribution is -2.49. The van der Waals surface area contributed by atoms with Crippen molar-refractivity contribution in [1.29, 1.82) is 0 Å². The van der Waals surface area contributed by atoms with Crippen LogP contribution in [-0.4, -0.2) is 41.1 Å². The van der Waals surface area contributed by atoms with Crippen molar-refractivity contribution in [2.24, 2.45) is 5.92 Å². The second-order valence-corrected chi connectivity index (χ2v) is 5.79. The lowest BCUT2D eigenvalue weighted by atomic mass is 10.2. The Morgan fingerprint density at radius 2 is 1.86 bits per heavy atom. The number of benzene rings is 1. The molecule has 1 aliphatic carbocycles. The largest absolute Gasteiger partial charge is 0.480 e. The number of carboxylic acid groups (broad SMARTS) is 1. The molecule has 1 aromatic rings. The fraction of sp³-hybridized carbons (Fsp3) is 0.500. The highest BCUT2D eigenvalue weighted by molar-refractivity contribution is 5.96. The third-order valence-electron chi connectivity index (χ3n) is 3.61. The quantitative estimate of drug-likeness (QED) is 0.876. The molecule has 0 heterocycles. The molecule has 5 nitrogen and oxygen atoms in total. The summed E-state index contributed by atoms with van der Waals surface area (Å²) >= 11 is 0. The zero-order valence-corrected chi connectivity index (χ0v) is 12.5. The molecule has 0 unspecified atom stereocenters. The molecule has 0 spiro atoms. The fourth-order valence-corrected chi connectivity index (χ4v) is 2.26. The molecule has 2 amide bonds. The van der Waals surface area contributed by atoms with Crippen molar-refractivity contribution < 1.29 is 14.7 Å². The maximum atomic E-state index is 12.8. The molecule has 1 aromatic carbocycles. The Labute approximate surface area is 125 Å². The topological polar surface area (TPSA) is 60.9 Å².